The first-order chi connectivity index (χ1) is 12.0. The fourth-order valence-corrected chi connectivity index (χ4v) is 3.13. The summed E-state index contributed by atoms with van der Waals surface area (Å²) in [5, 5.41) is 0. The summed E-state index contributed by atoms with van der Waals surface area (Å²) in [6, 6.07) is 5.73. The summed E-state index contributed by atoms with van der Waals surface area (Å²) in [4.78, 5) is 11.3. The Bertz CT molecular complexity index is 877. The second-order valence-electron chi connectivity index (χ2n) is 5.55. The summed E-state index contributed by atoms with van der Waals surface area (Å²) in [7, 11) is 2.43. The lowest BCUT2D eigenvalue weighted by atomic mass is 10.1. The van der Waals surface area contributed by atoms with Crippen molar-refractivity contribution in [2.24, 2.45) is 0 Å². The number of aryl methyl sites for hydroxylation is 1. The smallest absolute Gasteiger partial charge is 0.128 e. The van der Waals surface area contributed by atoms with Crippen LogP contribution in [0.5, 0.6) is 11.5 Å². The minimum atomic E-state index is -0.862. The molecule has 1 atom stereocenters. The summed E-state index contributed by atoms with van der Waals surface area (Å²) in [6.07, 6.45) is 5.10. The van der Waals surface area contributed by atoms with Crippen LogP contribution in [-0.2, 0) is 16.6 Å². The number of aromatic nitrogens is 3. The zero-order valence-corrected chi connectivity index (χ0v) is 15.9. The van der Waals surface area contributed by atoms with E-state index in [4.69, 9.17) is 9.47 Å². The standard InChI is InChI=1S/C10H15NO2S.C8H8N2O/c1-7-5-11-9(6-14(4)12)8(2)10(7)13-3;1-11-6-2-3-7-8(4-6)10-5-9-7/h5H,6H2,1-4H3;2-5H,1H3,(H,9,10). The molecule has 2 aromatic heterocycles. The average Bonchev–Trinajstić information content (AvgIpc) is 3.06. The van der Waals surface area contributed by atoms with Crippen LogP contribution in [0.15, 0.2) is 30.7 Å². The molecule has 0 aliphatic carbocycles. The van der Waals surface area contributed by atoms with E-state index >= 15 is 0 Å². The number of fused-ring (bicyclic) bond motifs is 1. The Morgan fingerprint density at radius 3 is 2.56 bits per heavy atom. The van der Waals surface area contributed by atoms with Gasteiger partial charge in [0, 0.05) is 40.4 Å². The van der Waals surface area contributed by atoms with E-state index in [9.17, 15) is 4.21 Å². The molecule has 2 heterocycles. The summed E-state index contributed by atoms with van der Waals surface area (Å²) < 4.78 is 21.4. The number of nitrogens with one attached hydrogen (secondary N) is 1. The first kappa shape index (κ1) is 18.9. The van der Waals surface area contributed by atoms with Gasteiger partial charge in [-0.1, -0.05) is 0 Å². The zero-order chi connectivity index (χ0) is 18.4. The lowest BCUT2D eigenvalue weighted by molar-refractivity contribution is 0.407. The Labute approximate surface area is 150 Å². The van der Waals surface area contributed by atoms with Crippen molar-refractivity contribution in [3.05, 3.63) is 47.5 Å². The highest BCUT2D eigenvalue weighted by molar-refractivity contribution is 7.83. The topological polar surface area (TPSA) is 77.1 Å². The van der Waals surface area contributed by atoms with E-state index in [1.807, 2.05) is 32.0 Å². The van der Waals surface area contributed by atoms with Gasteiger partial charge in [0.1, 0.15) is 11.5 Å². The van der Waals surface area contributed by atoms with Crippen LogP contribution in [0.1, 0.15) is 16.8 Å². The van der Waals surface area contributed by atoms with Crippen molar-refractivity contribution in [1.82, 2.24) is 15.0 Å². The van der Waals surface area contributed by atoms with E-state index < -0.39 is 10.8 Å². The molecule has 0 amide bonds. The van der Waals surface area contributed by atoms with Crippen LogP contribution in [0, 0.1) is 13.8 Å². The van der Waals surface area contributed by atoms with E-state index in [0.717, 1.165) is 39.4 Å². The molecule has 0 saturated carbocycles. The predicted octanol–water partition coefficient (Wildman–Crippen LogP) is 3.16. The van der Waals surface area contributed by atoms with Crippen LogP contribution in [0.25, 0.3) is 11.0 Å². The van der Waals surface area contributed by atoms with E-state index in [2.05, 4.69) is 15.0 Å². The number of aromatic amines is 1. The lowest BCUT2D eigenvalue weighted by Gasteiger charge is -2.11. The molecule has 0 saturated heterocycles. The number of pyridine rings is 1. The Balaban J connectivity index is 0.000000185. The number of methoxy groups -OCH3 is 2. The minimum Gasteiger partial charge on any atom is -0.497 e. The lowest BCUT2D eigenvalue weighted by Crippen LogP contribution is -2.02. The molecule has 7 heteroatoms. The van der Waals surface area contributed by atoms with Crippen LogP contribution < -0.4 is 9.47 Å². The molecule has 3 aromatic rings. The van der Waals surface area contributed by atoms with Crippen molar-refractivity contribution >= 4 is 21.8 Å². The van der Waals surface area contributed by atoms with Gasteiger partial charge in [-0.05, 0) is 26.0 Å². The van der Waals surface area contributed by atoms with E-state index in [-0.39, 0.29) is 0 Å². The van der Waals surface area contributed by atoms with E-state index in [0.29, 0.717) is 5.75 Å². The van der Waals surface area contributed by atoms with Crippen molar-refractivity contribution in [2.75, 3.05) is 20.5 Å². The third kappa shape index (κ3) is 4.79. The molecule has 3 rings (SSSR count). The van der Waals surface area contributed by atoms with Gasteiger partial charge in [-0.3, -0.25) is 9.19 Å². The monoisotopic (exact) mass is 361 g/mol. The maximum absolute atomic E-state index is 11.1. The first-order valence-corrected chi connectivity index (χ1v) is 9.45. The molecule has 1 aromatic carbocycles. The Morgan fingerprint density at radius 2 is 1.92 bits per heavy atom. The maximum Gasteiger partial charge on any atom is 0.128 e. The van der Waals surface area contributed by atoms with E-state index in [1.165, 1.54) is 0 Å². The molecule has 0 bridgehead atoms. The number of hydrogen-bond acceptors (Lipinski definition) is 5. The number of H-pyrrole nitrogens is 1. The summed E-state index contributed by atoms with van der Waals surface area (Å²) in [6.45, 7) is 3.90. The van der Waals surface area contributed by atoms with Gasteiger partial charge in [0.25, 0.3) is 0 Å². The molecule has 0 radical (unpaired) electrons. The van der Waals surface area contributed by atoms with Gasteiger partial charge in [0.2, 0.25) is 0 Å². The summed E-state index contributed by atoms with van der Waals surface area (Å²) in [5.74, 6) is 2.19. The Hall–Kier alpha value is -2.41. The molecule has 0 spiro atoms. The van der Waals surface area contributed by atoms with Crippen LogP contribution >= 0.6 is 0 Å². The number of rotatable bonds is 4. The van der Waals surface area contributed by atoms with Crippen LogP contribution in [0.2, 0.25) is 0 Å². The van der Waals surface area contributed by atoms with Crippen molar-refractivity contribution in [3.63, 3.8) is 0 Å². The van der Waals surface area contributed by atoms with Gasteiger partial charge < -0.3 is 14.5 Å². The molecule has 134 valence electrons. The predicted molar refractivity (Wildman–Crippen MR) is 101 cm³/mol. The van der Waals surface area contributed by atoms with Crippen LogP contribution in [0.4, 0.5) is 0 Å². The third-order valence-electron chi connectivity index (χ3n) is 3.72. The number of imidazole rings is 1. The Kier molecular flexibility index (Phi) is 6.52. The highest BCUT2D eigenvalue weighted by atomic mass is 32.2. The second kappa shape index (κ2) is 8.62. The molecule has 1 unspecified atom stereocenters. The molecule has 1 N–H and O–H groups in total. The fraction of sp³-hybridized carbons (Fsp3) is 0.333. The molecular weight excluding hydrogens is 338 g/mol. The SMILES string of the molecule is COc1c(C)cnc(CS(C)=O)c1C.COc1ccc2nc[nH]c2c1. The Morgan fingerprint density at radius 1 is 1.16 bits per heavy atom. The van der Waals surface area contributed by atoms with Crippen LogP contribution in [-0.4, -0.2) is 39.6 Å². The number of ether oxygens (including phenoxy) is 2. The summed E-state index contributed by atoms with van der Waals surface area (Å²) in [5.41, 5.74) is 4.82. The zero-order valence-electron chi connectivity index (χ0n) is 15.1. The largest absolute Gasteiger partial charge is 0.497 e. The molecular formula is C18H23N3O3S. The first-order valence-electron chi connectivity index (χ1n) is 7.72. The molecule has 0 aliphatic heterocycles. The van der Waals surface area contributed by atoms with Gasteiger partial charge in [0.15, 0.2) is 0 Å². The van der Waals surface area contributed by atoms with Crippen molar-refractivity contribution < 1.29 is 13.7 Å². The van der Waals surface area contributed by atoms with Crippen molar-refractivity contribution in [2.45, 2.75) is 19.6 Å². The molecule has 25 heavy (non-hydrogen) atoms. The number of nitrogens with zero attached hydrogens (tertiary/aromatic N) is 2. The van der Waals surface area contributed by atoms with Gasteiger partial charge in [-0.15, -0.1) is 0 Å². The maximum atomic E-state index is 11.1. The van der Waals surface area contributed by atoms with Crippen molar-refractivity contribution in [1.29, 1.82) is 0 Å². The van der Waals surface area contributed by atoms with Gasteiger partial charge >= 0.3 is 0 Å². The third-order valence-corrected chi connectivity index (χ3v) is 4.40. The van der Waals surface area contributed by atoms with Crippen molar-refractivity contribution in [3.8, 4) is 11.5 Å². The van der Waals surface area contributed by atoms with Gasteiger partial charge in [-0.25, -0.2) is 4.98 Å². The highest BCUT2D eigenvalue weighted by Crippen LogP contribution is 2.24. The molecule has 0 aliphatic rings. The average molecular weight is 361 g/mol. The normalized spacial score (nSPS) is 11.6. The number of hydrogen-bond donors (Lipinski definition) is 1. The van der Waals surface area contributed by atoms with Gasteiger partial charge in [0.05, 0.1) is 43.0 Å². The minimum absolute atomic E-state index is 0.489. The quantitative estimate of drug-likeness (QED) is 0.772. The fourth-order valence-electron chi connectivity index (χ4n) is 2.45. The summed E-state index contributed by atoms with van der Waals surface area (Å²) >= 11 is 0. The highest BCUT2D eigenvalue weighted by Gasteiger charge is 2.09. The van der Waals surface area contributed by atoms with Crippen LogP contribution in [0.3, 0.4) is 0 Å². The molecule has 6 nitrogen and oxygen atoms in total. The van der Waals surface area contributed by atoms with Gasteiger partial charge in [-0.2, -0.15) is 0 Å². The number of benzene rings is 1. The molecule has 0 fully saturated rings. The van der Waals surface area contributed by atoms with E-state index in [1.54, 1.807) is 33.0 Å². The second-order valence-corrected chi connectivity index (χ2v) is 6.98.